The topological polar surface area (TPSA) is 84.5 Å². The fourth-order valence-corrected chi connectivity index (χ4v) is 2.59. The molecule has 2 atom stereocenters. The number of carbonyl (C=O) groups is 2. The van der Waals surface area contributed by atoms with Crippen LogP contribution < -0.4 is 0 Å². The minimum Gasteiger partial charge on any atom is -0.481 e. The Balaban J connectivity index is 0.000000131. The average molecular weight is 298 g/mol. The van der Waals surface area contributed by atoms with Crippen molar-refractivity contribution >= 4 is 24.3 Å². The van der Waals surface area contributed by atoms with Gasteiger partial charge < -0.3 is 19.3 Å². The smallest absolute Gasteiger partial charge is 0.316 e. The molecule has 0 saturated heterocycles. The van der Waals surface area contributed by atoms with Crippen molar-refractivity contribution in [3.8, 4) is 0 Å². The van der Waals surface area contributed by atoms with E-state index < -0.39 is 23.8 Å². The van der Waals surface area contributed by atoms with Gasteiger partial charge >= 0.3 is 11.9 Å². The second kappa shape index (κ2) is 5.40. The summed E-state index contributed by atoms with van der Waals surface area (Å²) in [5.41, 5.74) is 1.66. The van der Waals surface area contributed by atoms with E-state index in [2.05, 4.69) is 0 Å². The van der Waals surface area contributed by atoms with E-state index in [1.165, 1.54) is 0 Å². The molecule has 22 heavy (non-hydrogen) atoms. The van der Waals surface area contributed by atoms with Crippen LogP contribution >= 0.6 is 0 Å². The van der Waals surface area contributed by atoms with Gasteiger partial charge in [0, 0.05) is 36.2 Å². The standard InChI is InChI=1S/2C8H7NO2/c2*10-8(11)6-3-5-9-4-1-2-7(6)9/h2*1-6H,(H,10,11). The summed E-state index contributed by atoms with van der Waals surface area (Å²) < 4.78 is 3.64. The van der Waals surface area contributed by atoms with Crippen molar-refractivity contribution in [1.29, 1.82) is 0 Å². The van der Waals surface area contributed by atoms with E-state index in [0.717, 1.165) is 11.4 Å². The van der Waals surface area contributed by atoms with Crippen LogP contribution in [0.2, 0.25) is 0 Å². The third-order valence-corrected chi connectivity index (χ3v) is 3.67. The highest BCUT2D eigenvalue weighted by Crippen LogP contribution is 2.25. The van der Waals surface area contributed by atoms with Gasteiger partial charge in [0.25, 0.3) is 0 Å². The molecule has 4 heterocycles. The molecule has 0 saturated carbocycles. The van der Waals surface area contributed by atoms with Gasteiger partial charge in [-0.05, 0) is 36.4 Å². The lowest BCUT2D eigenvalue weighted by molar-refractivity contribution is -0.138. The molecule has 0 amide bonds. The molecular formula is C16H14N2O4. The Morgan fingerprint density at radius 3 is 1.59 bits per heavy atom. The van der Waals surface area contributed by atoms with Crippen LogP contribution in [0, 0.1) is 0 Å². The van der Waals surface area contributed by atoms with E-state index in [9.17, 15) is 9.59 Å². The fraction of sp³-hybridized carbons (Fsp3) is 0.125. The van der Waals surface area contributed by atoms with Crippen LogP contribution in [-0.2, 0) is 9.59 Å². The quantitative estimate of drug-likeness (QED) is 0.890. The number of fused-ring (bicyclic) bond motifs is 2. The number of carboxylic acids is 2. The fourth-order valence-electron chi connectivity index (χ4n) is 2.59. The molecule has 0 spiro atoms. The van der Waals surface area contributed by atoms with Crippen LogP contribution in [0.1, 0.15) is 23.2 Å². The molecule has 0 aromatic carbocycles. The molecule has 2 aliphatic heterocycles. The minimum absolute atomic E-state index is 0.454. The summed E-state index contributed by atoms with van der Waals surface area (Å²) in [5.74, 6) is -2.49. The van der Waals surface area contributed by atoms with Crippen LogP contribution in [0.15, 0.2) is 48.8 Å². The highest BCUT2D eigenvalue weighted by atomic mass is 16.4. The van der Waals surface area contributed by atoms with Gasteiger partial charge in [0.2, 0.25) is 0 Å². The number of hydrogen-bond donors (Lipinski definition) is 2. The Hall–Kier alpha value is -3.02. The van der Waals surface area contributed by atoms with Crippen LogP contribution in [-0.4, -0.2) is 31.3 Å². The van der Waals surface area contributed by atoms with Gasteiger partial charge in [0.05, 0.1) is 0 Å². The SMILES string of the molecule is O=C(O)C1C=Cn2cccc21.O=C(O)C1C=Cn2cccc21. The van der Waals surface area contributed by atoms with Crippen LogP contribution in [0.25, 0.3) is 12.4 Å². The molecule has 2 N–H and O–H groups in total. The van der Waals surface area contributed by atoms with Crippen molar-refractivity contribution in [2.75, 3.05) is 0 Å². The van der Waals surface area contributed by atoms with Gasteiger partial charge in [-0.25, -0.2) is 0 Å². The van der Waals surface area contributed by atoms with Crippen molar-refractivity contribution in [3.05, 3.63) is 60.2 Å². The maximum atomic E-state index is 10.6. The summed E-state index contributed by atoms with van der Waals surface area (Å²) in [5, 5.41) is 17.4. The van der Waals surface area contributed by atoms with E-state index in [-0.39, 0.29) is 0 Å². The Bertz CT molecular complexity index is 715. The van der Waals surface area contributed by atoms with Gasteiger partial charge in [-0.15, -0.1) is 0 Å². The number of aliphatic carboxylic acids is 2. The largest absolute Gasteiger partial charge is 0.481 e. The highest BCUT2D eigenvalue weighted by Gasteiger charge is 2.23. The zero-order valence-corrected chi connectivity index (χ0v) is 11.5. The lowest BCUT2D eigenvalue weighted by Crippen LogP contribution is -2.07. The van der Waals surface area contributed by atoms with Gasteiger partial charge in [-0.2, -0.15) is 0 Å². The number of hydrogen-bond acceptors (Lipinski definition) is 2. The first-order valence-corrected chi connectivity index (χ1v) is 6.73. The van der Waals surface area contributed by atoms with Crippen LogP contribution in [0.3, 0.4) is 0 Å². The maximum absolute atomic E-state index is 10.6. The number of aromatic nitrogens is 2. The highest BCUT2D eigenvalue weighted by molar-refractivity contribution is 5.81. The zero-order valence-electron chi connectivity index (χ0n) is 11.5. The summed E-state index contributed by atoms with van der Waals surface area (Å²) in [6.07, 6.45) is 10.6. The van der Waals surface area contributed by atoms with Crippen molar-refractivity contribution in [3.63, 3.8) is 0 Å². The third-order valence-electron chi connectivity index (χ3n) is 3.67. The first kappa shape index (κ1) is 13.9. The molecule has 0 aliphatic carbocycles. The summed E-state index contributed by atoms with van der Waals surface area (Å²) in [4.78, 5) is 21.2. The first-order chi connectivity index (χ1) is 10.6. The Morgan fingerprint density at radius 1 is 0.818 bits per heavy atom. The first-order valence-electron chi connectivity index (χ1n) is 6.73. The second-order valence-corrected chi connectivity index (χ2v) is 5.00. The number of rotatable bonds is 2. The van der Waals surface area contributed by atoms with Crippen molar-refractivity contribution < 1.29 is 19.8 Å². The second-order valence-electron chi connectivity index (χ2n) is 5.00. The molecule has 4 rings (SSSR count). The van der Waals surface area contributed by atoms with E-state index in [1.807, 2.05) is 45.8 Å². The summed E-state index contributed by atoms with van der Waals surface area (Å²) >= 11 is 0. The predicted octanol–water partition coefficient (Wildman–Crippen LogP) is 2.28. The number of carboxylic acid groups (broad SMARTS) is 2. The van der Waals surface area contributed by atoms with Crippen molar-refractivity contribution in [2.45, 2.75) is 11.8 Å². The summed E-state index contributed by atoms with van der Waals surface area (Å²) in [7, 11) is 0. The van der Waals surface area contributed by atoms with E-state index in [1.54, 1.807) is 24.6 Å². The zero-order chi connectivity index (χ0) is 15.7. The minimum atomic E-state index is -0.793. The molecular weight excluding hydrogens is 284 g/mol. The Kier molecular flexibility index (Phi) is 3.42. The third kappa shape index (κ3) is 2.35. The molecule has 2 aliphatic rings. The van der Waals surface area contributed by atoms with Crippen LogP contribution in [0.5, 0.6) is 0 Å². The molecule has 2 unspecified atom stereocenters. The summed E-state index contributed by atoms with van der Waals surface area (Å²) in [6, 6.07) is 7.32. The monoisotopic (exact) mass is 298 g/mol. The molecule has 2 aromatic rings. The molecule has 112 valence electrons. The lowest BCUT2D eigenvalue weighted by Gasteiger charge is -2.00. The molecule has 0 bridgehead atoms. The molecule has 6 nitrogen and oxygen atoms in total. The molecule has 0 fully saturated rings. The lowest BCUT2D eigenvalue weighted by atomic mass is 10.1. The van der Waals surface area contributed by atoms with Crippen molar-refractivity contribution in [1.82, 2.24) is 9.13 Å². The number of nitrogens with zero attached hydrogens (tertiary/aromatic N) is 2. The Labute approximate surface area is 126 Å². The molecule has 2 aromatic heterocycles. The van der Waals surface area contributed by atoms with E-state index >= 15 is 0 Å². The summed E-state index contributed by atoms with van der Waals surface area (Å²) in [6.45, 7) is 0. The van der Waals surface area contributed by atoms with Gasteiger partial charge in [-0.1, -0.05) is 0 Å². The molecule has 6 heteroatoms. The van der Waals surface area contributed by atoms with Gasteiger partial charge in [0.1, 0.15) is 11.8 Å². The average Bonchev–Trinajstić information content (AvgIpc) is 3.19. The normalized spacial score (nSPS) is 20.2. The molecule has 0 radical (unpaired) electrons. The predicted molar refractivity (Wildman–Crippen MR) is 80.3 cm³/mol. The van der Waals surface area contributed by atoms with E-state index in [0.29, 0.717) is 0 Å². The Morgan fingerprint density at radius 2 is 1.23 bits per heavy atom. The maximum Gasteiger partial charge on any atom is 0.316 e. The van der Waals surface area contributed by atoms with Crippen molar-refractivity contribution in [2.24, 2.45) is 0 Å². The van der Waals surface area contributed by atoms with E-state index in [4.69, 9.17) is 10.2 Å². The van der Waals surface area contributed by atoms with Gasteiger partial charge in [0.15, 0.2) is 0 Å². The van der Waals surface area contributed by atoms with Crippen LogP contribution in [0.4, 0.5) is 0 Å². The van der Waals surface area contributed by atoms with Gasteiger partial charge in [-0.3, -0.25) is 9.59 Å².